The number of methoxy groups -OCH3 is 1. The molecule has 33 heavy (non-hydrogen) atoms. The molecule has 0 bridgehead atoms. The Bertz CT molecular complexity index is 1070. The van der Waals surface area contributed by atoms with Crippen molar-refractivity contribution in [3.05, 3.63) is 65.7 Å². The van der Waals surface area contributed by atoms with Gasteiger partial charge in [0.05, 0.1) is 18.8 Å². The summed E-state index contributed by atoms with van der Waals surface area (Å²) >= 11 is 0. The standard InChI is InChI=1S/C24H31N3O5S/c1-32-22-10-6-5-9-21(22)23(29)25-18-24(19-7-3-2-4-8-19)12-15-26(16-13-24)33(30,31)27-14-11-20(28)17-27/h2-10,20,28H,11-18H2,1H3,(H,25,29)/t20-/m0/s1. The minimum Gasteiger partial charge on any atom is -0.496 e. The van der Waals surface area contributed by atoms with Crippen molar-refractivity contribution >= 4 is 16.1 Å². The fourth-order valence-electron chi connectivity index (χ4n) is 4.76. The first-order valence-electron chi connectivity index (χ1n) is 11.3. The van der Waals surface area contributed by atoms with Crippen molar-refractivity contribution in [2.24, 2.45) is 0 Å². The molecule has 2 N–H and O–H groups in total. The number of amides is 1. The maximum Gasteiger partial charge on any atom is 0.282 e. The summed E-state index contributed by atoms with van der Waals surface area (Å²) in [6.07, 6.45) is 1.03. The highest BCUT2D eigenvalue weighted by atomic mass is 32.2. The van der Waals surface area contributed by atoms with Gasteiger partial charge >= 0.3 is 0 Å². The van der Waals surface area contributed by atoms with E-state index >= 15 is 0 Å². The number of hydrogen-bond donors (Lipinski definition) is 2. The maximum absolute atomic E-state index is 13.1. The average Bonchev–Trinajstić information content (AvgIpc) is 3.30. The van der Waals surface area contributed by atoms with Crippen molar-refractivity contribution in [3.63, 3.8) is 0 Å². The molecule has 2 fully saturated rings. The second kappa shape index (κ2) is 9.80. The van der Waals surface area contributed by atoms with Crippen molar-refractivity contribution in [2.75, 3.05) is 39.8 Å². The van der Waals surface area contributed by atoms with Crippen LogP contribution in [0.15, 0.2) is 54.6 Å². The SMILES string of the molecule is COc1ccccc1C(=O)NCC1(c2ccccc2)CCN(S(=O)(=O)N2CC[C@H](O)C2)CC1. The van der Waals surface area contributed by atoms with Gasteiger partial charge in [-0.2, -0.15) is 17.0 Å². The minimum absolute atomic E-state index is 0.150. The smallest absolute Gasteiger partial charge is 0.282 e. The average molecular weight is 474 g/mol. The van der Waals surface area contributed by atoms with Crippen LogP contribution in [0.3, 0.4) is 0 Å². The van der Waals surface area contributed by atoms with Crippen LogP contribution < -0.4 is 10.1 Å². The number of β-amino-alcohol motifs (C(OH)–C–C–N with tert-alkyl or cyclic N) is 1. The zero-order chi connectivity index (χ0) is 23.5. The van der Waals surface area contributed by atoms with Gasteiger partial charge in [0.25, 0.3) is 16.1 Å². The third-order valence-electron chi connectivity index (χ3n) is 6.78. The van der Waals surface area contributed by atoms with Gasteiger partial charge in [0, 0.05) is 38.1 Å². The molecule has 4 rings (SSSR count). The van der Waals surface area contributed by atoms with Crippen LogP contribution in [0.4, 0.5) is 0 Å². The molecular weight excluding hydrogens is 442 g/mol. The summed E-state index contributed by atoms with van der Waals surface area (Å²) in [5.74, 6) is 0.293. The Balaban J connectivity index is 1.51. The van der Waals surface area contributed by atoms with Gasteiger partial charge in [-0.15, -0.1) is 0 Å². The number of carbonyl (C=O) groups excluding carboxylic acids is 1. The number of hydrogen-bond acceptors (Lipinski definition) is 5. The maximum atomic E-state index is 13.1. The number of ether oxygens (including phenoxy) is 1. The quantitative estimate of drug-likeness (QED) is 0.639. The molecule has 1 atom stereocenters. The second-order valence-corrected chi connectivity index (χ2v) is 10.7. The minimum atomic E-state index is -3.61. The van der Waals surface area contributed by atoms with Crippen molar-refractivity contribution in [1.29, 1.82) is 0 Å². The van der Waals surface area contributed by atoms with Gasteiger partial charge in [0.2, 0.25) is 0 Å². The van der Waals surface area contributed by atoms with Crippen LogP contribution >= 0.6 is 0 Å². The number of nitrogens with one attached hydrogen (secondary N) is 1. The Labute approximate surface area is 195 Å². The zero-order valence-corrected chi connectivity index (χ0v) is 19.6. The number of aliphatic hydroxyl groups is 1. The van der Waals surface area contributed by atoms with Crippen molar-refractivity contribution < 1.29 is 23.1 Å². The number of rotatable bonds is 7. The van der Waals surface area contributed by atoms with E-state index in [-0.39, 0.29) is 17.9 Å². The third kappa shape index (κ3) is 4.91. The Kier molecular flexibility index (Phi) is 7.04. The lowest BCUT2D eigenvalue weighted by molar-refractivity contribution is 0.0929. The largest absolute Gasteiger partial charge is 0.496 e. The first kappa shape index (κ1) is 23.7. The third-order valence-corrected chi connectivity index (χ3v) is 8.79. The molecule has 178 valence electrons. The van der Waals surface area contributed by atoms with Gasteiger partial charge in [-0.3, -0.25) is 4.79 Å². The summed E-state index contributed by atoms with van der Waals surface area (Å²) in [5, 5.41) is 12.8. The molecule has 2 aromatic rings. The van der Waals surface area contributed by atoms with Gasteiger partial charge < -0.3 is 15.2 Å². The summed E-state index contributed by atoms with van der Waals surface area (Å²) in [7, 11) is -2.07. The lowest BCUT2D eigenvalue weighted by Crippen LogP contribution is -2.53. The van der Waals surface area contributed by atoms with E-state index in [4.69, 9.17) is 4.74 Å². The molecule has 2 heterocycles. The van der Waals surface area contributed by atoms with E-state index in [0.717, 1.165) is 5.56 Å². The molecule has 2 aromatic carbocycles. The Morgan fingerprint density at radius 1 is 1.06 bits per heavy atom. The van der Waals surface area contributed by atoms with Crippen LogP contribution in [-0.2, 0) is 15.6 Å². The Morgan fingerprint density at radius 3 is 2.36 bits per heavy atom. The predicted octanol–water partition coefficient (Wildman–Crippen LogP) is 1.77. The Hall–Kier alpha value is -2.46. The van der Waals surface area contributed by atoms with E-state index in [1.54, 1.807) is 18.2 Å². The highest BCUT2D eigenvalue weighted by Gasteiger charge is 2.42. The predicted molar refractivity (Wildman–Crippen MR) is 125 cm³/mol. The van der Waals surface area contributed by atoms with Crippen LogP contribution in [0.1, 0.15) is 35.2 Å². The van der Waals surface area contributed by atoms with E-state index in [9.17, 15) is 18.3 Å². The molecule has 0 aliphatic carbocycles. The number of para-hydroxylation sites is 1. The first-order valence-corrected chi connectivity index (χ1v) is 12.7. The van der Waals surface area contributed by atoms with E-state index < -0.39 is 16.3 Å². The van der Waals surface area contributed by atoms with Gasteiger partial charge in [-0.1, -0.05) is 42.5 Å². The van der Waals surface area contributed by atoms with Crippen LogP contribution in [0.5, 0.6) is 5.75 Å². The highest BCUT2D eigenvalue weighted by molar-refractivity contribution is 7.86. The molecule has 0 spiro atoms. The second-order valence-electron chi connectivity index (χ2n) is 8.74. The van der Waals surface area contributed by atoms with E-state index in [1.165, 1.54) is 15.7 Å². The molecular formula is C24H31N3O5S. The molecule has 1 amide bonds. The molecule has 8 nitrogen and oxygen atoms in total. The Morgan fingerprint density at radius 2 is 1.73 bits per heavy atom. The molecule has 0 saturated carbocycles. The van der Waals surface area contributed by atoms with Gasteiger partial charge in [-0.25, -0.2) is 0 Å². The molecule has 2 aliphatic rings. The monoisotopic (exact) mass is 473 g/mol. The summed E-state index contributed by atoms with van der Waals surface area (Å²) in [6.45, 7) is 1.60. The molecule has 0 unspecified atom stereocenters. The molecule has 0 aromatic heterocycles. The van der Waals surface area contributed by atoms with Crippen LogP contribution in [0.25, 0.3) is 0 Å². The lowest BCUT2D eigenvalue weighted by atomic mass is 9.73. The summed E-state index contributed by atoms with van der Waals surface area (Å²) in [5.41, 5.74) is 1.17. The molecule has 0 radical (unpaired) electrons. The van der Waals surface area contributed by atoms with Crippen molar-refractivity contribution in [1.82, 2.24) is 13.9 Å². The summed E-state index contributed by atoms with van der Waals surface area (Å²) < 4.78 is 34.3. The normalized spacial score (nSPS) is 21.6. The van der Waals surface area contributed by atoms with Crippen LogP contribution in [0.2, 0.25) is 0 Å². The zero-order valence-electron chi connectivity index (χ0n) is 18.8. The number of carbonyl (C=O) groups is 1. The number of nitrogens with zero attached hydrogens (tertiary/aromatic N) is 2. The van der Waals surface area contributed by atoms with Crippen LogP contribution in [-0.4, -0.2) is 74.0 Å². The molecule has 2 aliphatic heterocycles. The number of piperidine rings is 1. The summed E-state index contributed by atoms with van der Waals surface area (Å²) in [6, 6.07) is 17.0. The van der Waals surface area contributed by atoms with E-state index in [0.29, 0.717) is 56.8 Å². The fourth-order valence-corrected chi connectivity index (χ4v) is 6.43. The fraction of sp³-hybridized carbons (Fsp3) is 0.458. The van der Waals surface area contributed by atoms with E-state index in [1.807, 2.05) is 36.4 Å². The molecule has 2 saturated heterocycles. The van der Waals surface area contributed by atoms with Gasteiger partial charge in [-0.05, 0) is 37.0 Å². The van der Waals surface area contributed by atoms with Gasteiger partial charge in [0.15, 0.2) is 0 Å². The topological polar surface area (TPSA) is 99.2 Å². The van der Waals surface area contributed by atoms with Crippen molar-refractivity contribution in [2.45, 2.75) is 30.8 Å². The van der Waals surface area contributed by atoms with Crippen LogP contribution in [0, 0.1) is 0 Å². The highest BCUT2D eigenvalue weighted by Crippen LogP contribution is 2.36. The molecule has 9 heteroatoms. The summed E-state index contributed by atoms with van der Waals surface area (Å²) in [4.78, 5) is 12.9. The van der Waals surface area contributed by atoms with E-state index in [2.05, 4.69) is 5.32 Å². The van der Waals surface area contributed by atoms with Crippen molar-refractivity contribution in [3.8, 4) is 5.75 Å². The first-order chi connectivity index (χ1) is 15.9. The van der Waals surface area contributed by atoms with Gasteiger partial charge in [0.1, 0.15) is 5.75 Å². The number of aliphatic hydroxyl groups excluding tert-OH is 1. The number of benzene rings is 2. The lowest BCUT2D eigenvalue weighted by Gasteiger charge is -2.42.